The van der Waals surface area contributed by atoms with Crippen LogP contribution in [0.1, 0.15) is 34.1 Å². The zero-order valence-electron chi connectivity index (χ0n) is 10.3. The van der Waals surface area contributed by atoms with Crippen molar-refractivity contribution in [2.24, 2.45) is 11.8 Å². The van der Waals surface area contributed by atoms with Crippen LogP contribution in [0.25, 0.3) is 0 Å². The highest BCUT2D eigenvalue weighted by molar-refractivity contribution is 7.85. The zero-order valence-corrected chi connectivity index (χ0v) is 11.1. The van der Waals surface area contributed by atoms with Crippen molar-refractivity contribution in [2.75, 3.05) is 12.9 Å². The van der Waals surface area contributed by atoms with Crippen LogP contribution in [0.2, 0.25) is 0 Å². The first-order valence-corrected chi connectivity index (χ1v) is 6.73. The van der Waals surface area contributed by atoms with E-state index in [0.717, 1.165) is 6.42 Å². The van der Waals surface area contributed by atoms with E-state index < -0.39 is 10.8 Å². The first-order chi connectivity index (χ1) is 6.90. The Morgan fingerprint density at radius 2 is 1.80 bits per heavy atom. The molecule has 3 unspecified atom stereocenters. The molecule has 0 fully saturated rings. The van der Waals surface area contributed by atoms with E-state index in [2.05, 4.69) is 18.6 Å². The van der Waals surface area contributed by atoms with Crippen LogP contribution in [0.5, 0.6) is 0 Å². The van der Waals surface area contributed by atoms with Gasteiger partial charge in [-0.2, -0.15) is 0 Å². The Morgan fingerprint density at radius 1 is 1.27 bits per heavy atom. The summed E-state index contributed by atoms with van der Waals surface area (Å²) in [6.07, 6.45) is 0.935. The van der Waals surface area contributed by atoms with E-state index in [9.17, 15) is 9.00 Å². The van der Waals surface area contributed by atoms with E-state index in [-0.39, 0.29) is 17.1 Å². The summed E-state index contributed by atoms with van der Waals surface area (Å²) in [4.78, 5) is 11.2. The Hall–Kier alpha value is -0.380. The second-order valence-electron chi connectivity index (χ2n) is 4.28. The molecule has 3 nitrogen and oxygen atoms in total. The fraction of sp³-hybridized carbons (Fsp3) is 0.909. The highest BCUT2D eigenvalue weighted by Gasteiger charge is 2.25. The van der Waals surface area contributed by atoms with Crippen molar-refractivity contribution in [3.8, 4) is 0 Å². The maximum Gasteiger partial charge on any atom is 0.309 e. The molecule has 15 heavy (non-hydrogen) atoms. The Morgan fingerprint density at radius 3 is 2.20 bits per heavy atom. The highest BCUT2D eigenvalue weighted by atomic mass is 32.2. The number of rotatable bonds is 6. The smallest absolute Gasteiger partial charge is 0.309 e. The number of carbonyl (C=O) groups excluding carboxylic acids is 1. The molecule has 0 aliphatic rings. The summed E-state index contributed by atoms with van der Waals surface area (Å²) >= 11 is 0. The van der Waals surface area contributed by atoms with Gasteiger partial charge in [-0.3, -0.25) is 9.00 Å². The molecule has 0 saturated carbocycles. The molecule has 3 atom stereocenters. The second-order valence-corrected chi connectivity index (χ2v) is 6.20. The number of methoxy groups -OCH3 is 1. The van der Waals surface area contributed by atoms with Gasteiger partial charge in [0.2, 0.25) is 0 Å². The average molecular weight is 234 g/mol. The quantitative estimate of drug-likeness (QED) is 0.660. The van der Waals surface area contributed by atoms with Crippen LogP contribution in [0.4, 0.5) is 0 Å². The third kappa shape index (κ3) is 5.30. The summed E-state index contributed by atoms with van der Waals surface area (Å²) < 4.78 is 16.4. The summed E-state index contributed by atoms with van der Waals surface area (Å²) in [6.45, 7) is 7.82. The minimum Gasteiger partial charge on any atom is -0.469 e. The van der Waals surface area contributed by atoms with Crippen molar-refractivity contribution in [1.29, 1.82) is 0 Å². The lowest BCUT2D eigenvalue weighted by Crippen LogP contribution is -2.29. The van der Waals surface area contributed by atoms with Gasteiger partial charge < -0.3 is 4.74 Å². The molecule has 0 bridgehead atoms. The Balaban J connectivity index is 4.13. The van der Waals surface area contributed by atoms with Crippen LogP contribution in [-0.2, 0) is 20.3 Å². The molecule has 0 spiro atoms. The fourth-order valence-corrected chi connectivity index (χ4v) is 2.78. The van der Waals surface area contributed by atoms with Crippen molar-refractivity contribution in [3.63, 3.8) is 0 Å². The molecule has 4 heteroatoms. The molecule has 0 rings (SSSR count). The first-order valence-electron chi connectivity index (χ1n) is 5.35. The second kappa shape index (κ2) is 6.99. The van der Waals surface area contributed by atoms with Gasteiger partial charge in [-0.05, 0) is 19.3 Å². The van der Waals surface area contributed by atoms with E-state index in [1.165, 1.54) is 7.11 Å². The van der Waals surface area contributed by atoms with Crippen LogP contribution in [0, 0.1) is 11.8 Å². The van der Waals surface area contributed by atoms with Crippen LogP contribution < -0.4 is 0 Å². The van der Waals surface area contributed by atoms with Crippen LogP contribution in [0.3, 0.4) is 0 Å². The van der Waals surface area contributed by atoms with E-state index >= 15 is 0 Å². The Kier molecular flexibility index (Phi) is 6.81. The third-order valence-electron chi connectivity index (χ3n) is 2.59. The van der Waals surface area contributed by atoms with Gasteiger partial charge in [0, 0.05) is 21.8 Å². The van der Waals surface area contributed by atoms with Gasteiger partial charge in [-0.25, -0.2) is 0 Å². The van der Waals surface area contributed by atoms with Crippen LogP contribution in [0.15, 0.2) is 0 Å². The van der Waals surface area contributed by atoms with E-state index in [4.69, 9.17) is 0 Å². The molecule has 0 heterocycles. The number of carbonyl (C=O) groups is 1. The maximum atomic E-state index is 11.8. The van der Waals surface area contributed by atoms with E-state index in [0.29, 0.717) is 11.7 Å². The lowest BCUT2D eigenvalue weighted by Gasteiger charge is -2.17. The predicted octanol–water partition coefficient (Wildman–Crippen LogP) is 1.98. The minimum atomic E-state index is -0.938. The molecule has 0 saturated heterocycles. The standard InChI is InChI=1S/C11H22O3S/c1-8(2)6-7-15(13)10(4)9(3)11(12)14-5/h8-10H,6-7H2,1-5H3. The molecule has 0 radical (unpaired) electrons. The number of hydrogen-bond acceptors (Lipinski definition) is 3. The van der Waals surface area contributed by atoms with Gasteiger partial charge in [0.05, 0.1) is 13.0 Å². The summed E-state index contributed by atoms with van der Waals surface area (Å²) in [5.41, 5.74) is 0. The van der Waals surface area contributed by atoms with E-state index in [1.54, 1.807) is 6.92 Å². The minimum absolute atomic E-state index is 0.129. The molecule has 90 valence electrons. The largest absolute Gasteiger partial charge is 0.469 e. The van der Waals surface area contributed by atoms with Crippen molar-refractivity contribution in [2.45, 2.75) is 39.4 Å². The summed E-state index contributed by atoms with van der Waals surface area (Å²) in [7, 11) is 0.425. The highest BCUT2D eigenvalue weighted by Crippen LogP contribution is 2.13. The third-order valence-corrected chi connectivity index (χ3v) is 4.46. The van der Waals surface area contributed by atoms with Gasteiger partial charge in [0.1, 0.15) is 0 Å². The number of esters is 1. The van der Waals surface area contributed by atoms with Crippen molar-refractivity contribution < 1.29 is 13.7 Å². The Bertz CT molecular complexity index is 226. The number of ether oxygens (including phenoxy) is 1. The van der Waals surface area contributed by atoms with Crippen molar-refractivity contribution >= 4 is 16.8 Å². The topological polar surface area (TPSA) is 43.4 Å². The van der Waals surface area contributed by atoms with Crippen molar-refractivity contribution in [3.05, 3.63) is 0 Å². The lowest BCUT2D eigenvalue weighted by atomic mass is 10.1. The molecule has 0 aliphatic carbocycles. The van der Waals surface area contributed by atoms with Crippen LogP contribution in [-0.4, -0.2) is 28.3 Å². The molecule has 0 aromatic carbocycles. The molecule has 0 N–H and O–H groups in total. The monoisotopic (exact) mass is 234 g/mol. The molecule has 0 aromatic heterocycles. The SMILES string of the molecule is COC(=O)C(C)C(C)S(=O)CCC(C)C. The average Bonchev–Trinajstić information content (AvgIpc) is 2.22. The van der Waals surface area contributed by atoms with Gasteiger partial charge in [-0.1, -0.05) is 20.8 Å². The lowest BCUT2D eigenvalue weighted by molar-refractivity contribution is -0.144. The first kappa shape index (κ1) is 14.6. The maximum absolute atomic E-state index is 11.8. The fourth-order valence-electron chi connectivity index (χ4n) is 1.14. The van der Waals surface area contributed by atoms with E-state index in [1.807, 2.05) is 6.92 Å². The normalized spacial score (nSPS) is 17.2. The molecular formula is C11H22O3S. The summed E-state index contributed by atoms with van der Waals surface area (Å²) in [6, 6.07) is 0. The van der Waals surface area contributed by atoms with Crippen LogP contribution >= 0.6 is 0 Å². The predicted molar refractivity (Wildman–Crippen MR) is 63.1 cm³/mol. The number of hydrogen-bond donors (Lipinski definition) is 0. The van der Waals surface area contributed by atoms with Gasteiger partial charge >= 0.3 is 5.97 Å². The van der Waals surface area contributed by atoms with Crippen molar-refractivity contribution in [1.82, 2.24) is 0 Å². The molecule has 0 aromatic rings. The Labute approximate surface area is 95.0 Å². The zero-order chi connectivity index (χ0) is 12.0. The molecular weight excluding hydrogens is 212 g/mol. The summed E-state index contributed by atoms with van der Waals surface area (Å²) in [5, 5.41) is -0.129. The van der Waals surface area contributed by atoms with Gasteiger partial charge in [0.15, 0.2) is 0 Å². The van der Waals surface area contributed by atoms with Gasteiger partial charge in [0.25, 0.3) is 0 Å². The molecule has 0 amide bonds. The summed E-state index contributed by atoms with van der Waals surface area (Å²) in [5.74, 6) is 0.651. The molecule has 0 aliphatic heterocycles. The van der Waals surface area contributed by atoms with Gasteiger partial charge in [-0.15, -0.1) is 0 Å².